The van der Waals surface area contributed by atoms with Gasteiger partial charge in [-0.2, -0.15) is 0 Å². The Hall–Kier alpha value is -1.39. The van der Waals surface area contributed by atoms with Crippen LogP contribution >= 0.6 is 0 Å². The summed E-state index contributed by atoms with van der Waals surface area (Å²) in [5.74, 6) is -0.255. The Labute approximate surface area is 102 Å². The zero-order valence-electron chi connectivity index (χ0n) is 10.3. The summed E-state index contributed by atoms with van der Waals surface area (Å²) in [6, 6.07) is 9.51. The first kappa shape index (κ1) is 13.7. The molecule has 1 rings (SSSR count). The lowest BCUT2D eigenvalue weighted by Crippen LogP contribution is -2.44. The van der Waals surface area contributed by atoms with E-state index in [0.717, 1.165) is 5.56 Å². The number of methoxy groups -OCH3 is 1. The molecule has 3 N–H and O–H groups in total. The first-order valence-corrected chi connectivity index (χ1v) is 5.74. The van der Waals surface area contributed by atoms with Gasteiger partial charge in [0, 0.05) is 12.6 Å². The van der Waals surface area contributed by atoms with Crippen LogP contribution in [0.25, 0.3) is 0 Å². The van der Waals surface area contributed by atoms with Gasteiger partial charge >= 0.3 is 5.97 Å². The van der Waals surface area contributed by atoms with Crippen molar-refractivity contribution in [3.63, 3.8) is 0 Å². The third-order valence-corrected chi connectivity index (χ3v) is 2.45. The zero-order chi connectivity index (χ0) is 12.7. The van der Waals surface area contributed by atoms with Crippen molar-refractivity contribution in [2.45, 2.75) is 25.4 Å². The molecule has 17 heavy (non-hydrogen) atoms. The summed E-state index contributed by atoms with van der Waals surface area (Å²) in [6.45, 7) is 2.48. The summed E-state index contributed by atoms with van der Waals surface area (Å²) in [5, 5.41) is 3.12. The molecular formula is C13H20N2O2. The van der Waals surface area contributed by atoms with Gasteiger partial charge < -0.3 is 15.8 Å². The highest BCUT2D eigenvalue weighted by Gasteiger charge is 2.19. The number of benzene rings is 1. The van der Waals surface area contributed by atoms with Crippen molar-refractivity contribution in [2.24, 2.45) is 5.73 Å². The Bertz CT molecular complexity index is 339. The Kier molecular flexibility index (Phi) is 5.66. The van der Waals surface area contributed by atoms with Gasteiger partial charge in [-0.05, 0) is 18.9 Å². The minimum absolute atomic E-state index is 0.0120. The molecule has 0 aliphatic heterocycles. The largest absolute Gasteiger partial charge is 0.468 e. The van der Waals surface area contributed by atoms with Gasteiger partial charge in [0.05, 0.1) is 7.11 Å². The van der Waals surface area contributed by atoms with Gasteiger partial charge in [0.2, 0.25) is 0 Å². The fourth-order valence-corrected chi connectivity index (χ4v) is 1.56. The van der Waals surface area contributed by atoms with Gasteiger partial charge in [-0.25, -0.2) is 0 Å². The number of rotatable bonds is 6. The Morgan fingerprint density at radius 1 is 1.41 bits per heavy atom. The molecule has 94 valence electrons. The third kappa shape index (κ3) is 4.97. The van der Waals surface area contributed by atoms with Gasteiger partial charge in [-0.15, -0.1) is 0 Å². The van der Waals surface area contributed by atoms with Crippen molar-refractivity contribution < 1.29 is 9.53 Å². The van der Waals surface area contributed by atoms with E-state index in [1.807, 2.05) is 37.3 Å². The van der Waals surface area contributed by atoms with E-state index >= 15 is 0 Å². The summed E-state index contributed by atoms with van der Waals surface area (Å²) in [5.41, 5.74) is 6.76. The van der Waals surface area contributed by atoms with E-state index in [2.05, 4.69) is 5.32 Å². The molecule has 0 amide bonds. The van der Waals surface area contributed by atoms with Crippen LogP contribution in [-0.4, -0.2) is 31.7 Å². The number of nitrogens with one attached hydrogen (secondary N) is 1. The topological polar surface area (TPSA) is 64.3 Å². The number of esters is 1. The molecule has 0 bridgehead atoms. The van der Waals surface area contributed by atoms with Gasteiger partial charge in [-0.3, -0.25) is 4.79 Å². The van der Waals surface area contributed by atoms with Crippen LogP contribution in [0.5, 0.6) is 0 Å². The van der Waals surface area contributed by atoms with Gasteiger partial charge in [0.25, 0.3) is 0 Å². The Morgan fingerprint density at radius 2 is 2.06 bits per heavy atom. The highest BCUT2D eigenvalue weighted by molar-refractivity contribution is 5.76. The van der Waals surface area contributed by atoms with E-state index in [-0.39, 0.29) is 18.1 Å². The molecule has 0 heterocycles. The van der Waals surface area contributed by atoms with Gasteiger partial charge in [-0.1, -0.05) is 30.3 Å². The van der Waals surface area contributed by atoms with Crippen LogP contribution in [0.15, 0.2) is 30.3 Å². The number of carbonyl (C=O) groups is 1. The molecular weight excluding hydrogens is 216 g/mol. The van der Waals surface area contributed by atoms with E-state index in [4.69, 9.17) is 10.5 Å². The fraction of sp³-hybridized carbons (Fsp3) is 0.462. The predicted molar refractivity (Wildman–Crippen MR) is 67.6 cm³/mol. The molecule has 4 heteroatoms. The van der Waals surface area contributed by atoms with Crippen LogP contribution in [0.2, 0.25) is 0 Å². The molecule has 0 radical (unpaired) electrons. The molecule has 1 aromatic carbocycles. The summed E-state index contributed by atoms with van der Waals surface area (Å²) in [6.07, 6.45) is 0.611. The van der Waals surface area contributed by atoms with Gasteiger partial charge in [0.1, 0.15) is 6.04 Å². The van der Waals surface area contributed by atoms with Crippen LogP contribution < -0.4 is 11.1 Å². The maximum atomic E-state index is 11.6. The van der Waals surface area contributed by atoms with Crippen LogP contribution in [0, 0.1) is 0 Å². The molecule has 0 aliphatic carbocycles. The summed E-state index contributed by atoms with van der Waals surface area (Å²) in [4.78, 5) is 11.6. The molecule has 0 aliphatic rings. The van der Waals surface area contributed by atoms with E-state index in [0.29, 0.717) is 13.0 Å². The van der Waals surface area contributed by atoms with Gasteiger partial charge in [0.15, 0.2) is 0 Å². The summed E-state index contributed by atoms with van der Waals surface area (Å²) in [7, 11) is 1.40. The maximum absolute atomic E-state index is 11.6. The SMILES string of the molecule is COC(=O)[C@H](Cc1ccccc1)NC[C@@H](C)N. The lowest BCUT2D eigenvalue weighted by molar-refractivity contribution is -0.143. The quantitative estimate of drug-likeness (QED) is 0.714. The Balaban J connectivity index is 2.60. The number of ether oxygens (including phenoxy) is 1. The first-order chi connectivity index (χ1) is 8.13. The lowest BCUT2D eigenvalue weighted by Gasteiger charge is -2.17. The number of hydrogen-bond donors (Lipinski definition) is 2. The van der Waals surface area contributed by atoms with Crippen molar-refractivity contribution in [3.8, 4) is 0 Å². The smallest absolute Gasteiger partial charge is 0.323 e. The van der Waals surface area contributed by atoms with E-state index in [1.165, 1.54) is 7.11 Å². The number of carbonyl (C=O) groups excluding carboxylic acids is 1. The monoisotopic (exact) mass is 236 g/mol. The molecule has 0 fully saturated rings. The van der Waals surface area contributed by atoms with Crippen molar-refractivity contribution in [2.75, 3.05) is 13.7 Å². The second-order valence-corrected chi connectivity index (χ2v) is 4.15. The van der Waals surface area contributed by atoms with Crippen LogP contribution in [0.3, 0.4) is 0 Å². The van der Waals surface area contributed by atoms with Crippen LogP contribution in [0.1, 0.15) is 12.5 Å². The van der Waals surface area contributed by atoms with Crippen molar-refractivity contribution in [3.05, 3.63) is 35.9 Å². The van der Waals surface area contributed by atoms with Crippen LogP contribution in [-0.2, 0) is 16.0 Å². The minimum atomic E-state index is -0.339. The van der Waals surface area contributed by atoms with Crippen molar-refractivity contribution in [1.82, 2.24) is 5.32 Å². The van der Waals surface area contributed by atoms with E-state index in [1.54, 1.807) is 0 Å². The molecule has 0 saturated carbocycles. The normalized spacial score (nSPS) is 14.1. The lowest BCUT2D eigenvalue weighted by atomic mass is 10.1. The second-order valence-electron chi connectivity index (χ2n) is 4.15. The summed E-state index contributed by atoms with van der Waals surface area (Å²) < 4.78 is 4.77. The molecule has 4 nitrogen and oxygen atoms in total. The predicted octanol–water partition coefficient (Wildman–Crippen LogP) is 0.707. The molecule has 0 spiro atoms. The molecule has 0 saturated heterocycles. The van der Waals surface area contributed by atoms with E-state index < -0.39 is 0 Å². The standard InChI is InChI=1S/C13H20N2O2/c1-10(14)9-15-12(13(16)17-2)8-11-6-4-3-5-7-11/h3-7,10,12,15H,8-9,14H2,1-2H3/t10-,12+/m1/s1. The highest BCUT2D eigenvalue weighted by Crippen LogP contribution is 2.04. The second kappa shape index (κ2) is 7.04. The molecule has 1 aromatic rings. The minimum Gasteiger partial charge on any atom is -0.468 e. The average molecular weight is 236 g/mol. The average Bonchev–Trinajstić information content (AvgIpc) is 2.34. The van der Waals surface area contributed by atoms with Crippen molar-refractivity contribution in [1.29, 1.82) is 0 Å². The fourth-order valence-electron chi connectivity index (χ4n) is 1.56. The van der Waals surface area contributed by atoms with Crippen molar-refractivity contribution >= 4 is 5.97 Å². The molecule has 2 atom stereocenters. The third-order valence-electron chi connectivity index (χ3n) is 2.45. The summed E-state index contributed by atoms with van der Waals surface area (Å²) >= 11 is 0. The number of nitrogens with two attached hydrogens (primary N) is 1. The maximum Gasteiger partial charge on any atom is 0.323 e. The molecule has 0 aromatic heterocycles. The highest BCUT2D eigenvalue weighted by atomic mass is 16.5. The molecule has 0 unspecified atom stereocenters. The zero-order valence-corrected chi connectivity index (χ0v) is 10.3. The van der Waals surface area contributed by atoms with Crippen LogP contribution in [0.4, 0.5) is 0 Å². The first-order valence-electron chi connectivity index (χ1n) is 5.74. The van der Waals surface area contributed by atoms with E-state index in [9.17, 15) is 4.79 Å². The Morgan fingerprint density at radius 3 is 2.59 bits per heavy atom. The number of hydrogen-bond acceptors (Lipinski definition) is 4.